The molecule has 9 nitrogen and oxygen atoms in total. The summed E-state index contributed by atoms with van der Waals surface area (Å²) in [6.45, 7) is 3.58. The lowest BCUT2D eigenvalue weighted by Gasteiger charge is -2.46. The van der Waals surface area contributed by atoms with Crippen molar-refractivity contribution in [3.63, 3.8) is 0 Å². The minimum absolute atomic E-state index is 0.0905. The van der Waals surface area contributed by atoms with Crippen LogP contribution in [0, 0.1) is 5.92 Å². The van der Waals surface area contributed by atoms with Gasteiger partial charge in [-0.15, -0.1) is 0 Å². The lowest BCUT2D eigenvalue weighted by atomic mass is 9.65. The number of nitrogens with one attached hydrogen (secondary N) is 1. The summed E-state index contributed by atoms with van der Waals surface area (Å²) in [5.41, 5.74) is 1.92. The number of morpholine rings is 1. The van der Waals surface area contributed by atoms with E-state index in [0.717, 1.165) is 11.1 Å². The number of hydrogen-bond donors (Lipinski definition) is 2. The molecule has 3 aliphatic heterocycles. The third-order valence-corrected chi connectivity index (χ3v) is 9.37. The van der Waals surface area contributed by atoms with Crippen LogP contribution in [0.25, 0.3) is 0 Å². The lowest BCUT2D eigenvalue weighted by molar-refractivity contribution is -0.180. The summed E-state index contributed by atoms with van der Waals surface area (Å²) >= 11 is 0. The highest BCUT2D eigenvalue weighted by Crippen LogP contribution is 2.64. The van der Waals surface area contributed by atoms with E-state index in [1.807, 2.05) is 95.9 Å². The van der Waals surface area contributed by atoms with Crippen LogP contribution in [0.5, 0.6) is 5.75 Å². The van der Waals surface area contributed by atoms with Crippen LogP contribution in [0.15, 0.2) is 122 Å². The number of anilines is 1. The molecule has 9 heteroatoms. The summed E-state index contributed by atoms with van der Waals surface area (Å²) in [5, 5.41) is 12.3. The van der Waals surface area contributed by atoms with Gasteiger partial charge in [0, 0.05) is 5.69 Å². The minimum Gasteiger partial charge on any atom is -0.491 e. The van der Waals surface area contributed by atoms with Crippen LogP contribution in [-0.4, -0.2) is 53.7 Å². The largest absolute Gasteiger partial charge is 0.491 e. The number of carbonyl (C=O) groups is 3. The van der Waals surface area contributed by atoms with Gasteiger partial charge in [-0.3, -0.25) is 19.3 Å². The summed E-state index contributed by atoms with van der Waals surface area (Å²) in [7, 11) is 0. The maximum Gasteiger partial charge on any atom is 0.325 e. The number of hydrogen-bond acceptors (Lipinski definition) is 8. The first kappa shape index (κ1) is 30.4. The maximum atomic E-state index is 14.7. The third kappa shape index (κ3) is 4.90. The molecule has 2 N–H and O–H groups in total. The van der Waals surface area contributed by atoms with Gasteiger partial charge in [-0.2, -0.15) is 0 Å². The van der Waals surface area contributed by atoms with Crippen LogP contribution in [0.1, 0.15) is 40.4 Å². The van der Waals surface area contributed by atoms with Crippen molar-refractivity contribution in [3.05, 3.63) is 144 Å². The minimum atomic E-state index is -1.58. The molecule has 3 heterocycles. The van der Waals surface area contributed by atoms with Gasteiger partial charge in [0.25, 0.3) is 0 Å². The van der Waals surface area contributed by atoms with E-state index in [-0.39, 0.29) is 19.8 Å². The van der Waals surface area contributed by atoms with Crippen molar-refractivity contribution in [1.82, 2.24) is 4.90 Å². The number of benzene rings is 4. The second-order valence-corrected chi connectivity index (χ2v) is 11.8. The van der Waals surface area contributed by atoms with Gasteiger partial charge in [-0.1, -0.05) is 104 Å². The van der Waals surface area contributed by atoms with E-state index >= 15 is 0 Å². The molecule has 0 saturated carbocycles. The first-order valence-electron chi connectivity index (χ1n) is 15.6. The van der Waals surface area contributed by atoms with Crippen molar-refractivity contribution in [3.8, 4) is 5.75 Å². The summed E-state index contributed by atoms with van der Waals surface area (Å²) in [6.07, 6.45) is 0.705. The van der Waals surface area contributed by atoms with E-state index < -0.39 is 53.4 Å². The zero-order valence-electron chi connectivity index (χ0n) is 25.5. The Hall–Kier alpha value is -5.25. The number of cyclic esters (lactones) is 1. The number of rotatable bonds is 9. The number of carbonyl (C=O) groups excluding carboxylic acids is 3. The van der Waals surface area contributed by atoms with Crippen LogP contribution in [0.2, 0.25) is 0 Å². The average molecular weight is 631 g/mol. The van der Waals surface area contributed by atoms with E-state index in [1.54, 1.807) is 18.2 Å². The van der Waals surface area contributed by atoms with Crippen LogP contribution in [0.4, 0.5) is 5.69 Å². The molecule has 238 valence electrons. The van der Waals surface area contributed by atoms with E-state index in [1.165, 1.54) is 6.08 Å². The highest BCUT2D eigenvalue weighted by atomic mass is 16.6. The highest BCUT2D eigenvalue weighted by Gasteiger charge is 2.74. The van der Waals surface area contributed by atoms with E-state index in [2.05, 4.69) is 11.9 Å². The number of aliphatic hydroxyl groups excluding tert-OH is 1. The number of esters is 2. The van der Waals surface area contributed by atoms with Crippen LogP contribution in [0.3, 0.4) is 0 Å². The average Bonchev–Trinajstić information content (AvgIpc) is 3.59. The van der Waals surface area contributed by atoms with Gasteiger partial charge in [-0.05, 0) is 40.5 Å². The van der Waals surface area contributed by atoms with E-state index in [0.29, 0.717) is 22.6 Å². The zero-order chi connectivity index (χ0) is 32.5. The fourth-order valence-corrected chi connectivity index (χ4v) is 7.66. The summed E-state index contributed by atoms with van der Waals surface area (Å²) in [6, 6.07) is 31.1. The number of ether oxygens (including phenoxy) is 3. The standard InChI is InChI=1S/C38H34N2O7/c1-2-22-46-35(42)30-32-36(43)47-33(25-13-7-4-8-14-25)31(24-11-5-3-6-12-24)40(32)34(26-17-19-27(20-18-26)45-23-21-41)38(30)28-15-9-10-16-29(28)39-37(38)44/h2-20,30-34,41H,1,21-23H2,(H,39,44)/t30?,31-,32-,33+,34+,38-/m1/s1. The third-order valence-electron chi connectivity index (χ3n) is 9.37. The number of para-hydroxylation sites is 1. The number of fused-ring (bicyclic) bond motifs is 3. The molecular formula is C38H34N2O7. The van der Waals surface area contributed by atoms with Gasteiger partial charge < -0.3 is 24.6 Å². The molecular weight excluding hydrogens is 596 g/mol. The van der Waals surface area contributed by atoms with Gasteiger partial charge in [0.1, 0.15) is 42.4 Å². The molecule has 7 rings (SSSR count). The van der Waals surface area contributed by atoms with Crippen LogP contribution < -0.4 is 10.1 Å². The normalized spacial score (nSPS) is 26.2. The molecule has 4 aromatic carbocycles. The molecule has 1 spiro atoms. The second kappa shape index (κ2) is 12.5. The summed E-state index contributed by atoms with van der Waals surface area (Å²) in [5.74, 6) is -2.45. The van der Waals surface area contributed by atoms with Crippen molar-refractivity contribution in [2.75, 3.05) is 25.1 Å². The van der Waals surface area contributed by atoms with Crippen molar-refractivity contribution in [2.45, 2.75) is 29.6 Å². The Morgan fingerprint density at radius 2 is 1.53 bits per heavy atom. The van der Waals surface area contributed by atoms with Crippen molar-refractivity contribution in [1.29, 1.82) is 0 Å². The zero-order valence-corrected chi connectivity index (χ0v) is 25.5. The predicted octanol–water partition coefficient (Wildman–Crippen LogP) is 5.06. The van der Waals surface area contributed by atoms with E-state index in [9.17, 15) is 19.5 Å². The van der Waals surface area contributed by atoms with Gasteiger partial charge in [0.05, 0.1) is 18.7 Å². The fraction of sp³-hybridized carbons (Fsp3) is 0.237. The Labute approximate surface area is 272 Å². The van der Waals surface area contributed by atoms with Gasteiger partial charge in [0.2, 0.25) is 5.91 Å². The summed E-state index contributed by atoms with van der Waals surface area (Å²) < 4.78 is 17.7. The molecule has 2 saturated heterocycles. The van der Waals surface area contributed by atoms with E-state index in [4.69, 9.17) is 14.2 Å². The Morgan fingerprint density at radius 1 is 0.872 bits per heavy atom. The van der Waals surface area contributed by atoms with Crippen molar-refractivity contribution >= 4 is 23.5 Å². The number of nitrogens with zero attached hydrogens (tertiary/aromatic N) is 1. The predicted molar refractivity (Wildman–Crippen MR) is 173 cm³/mol. The van der Waals surface area contributed by atoms with Crippen LogP contribution in [-0.2, 0) is 29.3 Å². The van der Waals surface area contributed by atoms with Gasteiger partial charge in [0.15, 0.2) is 0 Å². The highest BCUT2D eigenvalue weighted by molar-refractivity contribution is 6.11. The molecule has 6 atom stereocenters. The molecule has 1 unspecified atom stereocenters. The SMILES string of the molecule is C=CCOC(=O)C1[C@@H]2C(=O)O[C@@H](c3ccccc3)[C@@H](c3ccccc3)N2[C@@H](c2ccc(OCCO)cc2)[C@]12C(=O)Nc1ccccc12. The smallest absolute Gasteiger partial charge is 0.325 e. The Morgan fingerprint density at radius 3 is 2.21 bits per heavy atom. The molecule has 2 fully saturated rings. The molecule has 47 heavy (non-hydrogen) atoms. The Balaban J connectivity index is 1.52. The van der Waals surface area contributed by atoms with Gasteiger partial charge in [-0.25, -0.2) is 0 Å². The lowest BCUT2D eigenvalue weighted by Crippen LogP contribution is -2.52. The monoisotopic (exact) mass is 630 g/mol. The molecule has 3 aliphatic rings. The summed E-state index contributed by atoms with van der Waals surface area (Å²) in [4.78, 5) is 45.5. The number of amides is 1. The second-order valence-electron chi connectivity index (χ2n) is 11.8. The van der Waals surface area contributed by atoms with Crippen molar-refractivity contribution < 1.29 is 33.7 Å². The quantitative estimate of drug-likeness (QED) is 0.195. The first-order chi connectivity index (χ1) is 23.0. The number of aliphatic hydroxyl groups is 1. The molecule has 0 aliphatic carbocycles. The molecule has 0 aromatic heterocycles. The maximum absolute atomic E-state index is 14.7. The first-order valence-corrected chi connectivity index (χ1v) is 15.6. The Kier molecular flexibility index (Phi) is 8.09. The molecule has 4 aromatic rings. The topological polar surface area (TPSA) is 114 Å². The molecule has 0 bridgehead atoms. The van der Waals surface area contributed by atoms with Crippen molar-refractivity contribution in [2.24, 2.45) is 5.92 Å². The van der Waals surface area contributed by atoms with Crippen LogP contribution >= 0.6 is 0 Å². The van der Waals surface area contributed by atoms with Gasteiger partial charge >= 0.3 is 11.9 Å². The molecule has 1 amide bonds. The molecule has 0 radical (unpaired) electrons. The Bertz CT molecular complexity index is 1800. The fourth-order valence-electron chi connectivity index (χ4n) is 7.66.